The third-order valence-corrected chi connectivity index (χ3v) is 8.57. The van der Waals surface area contributed by atoms with Crippen LogP contribution in [0.15, 0.2) is 73.7 Å². The fourth-order valence-electron chi connectivity index (χ4n) is 6.29. The summed E-state index contributed by atoms with van der Waals surface area (Å²) in [4.78, 5) is 33.2. The van der Waals surface area contributed by atoms with E-state index in [1.807, 2.05) is 28.0 Å². The lowest BCUT2D eigenvalue weighted by Crippen LogP contribution is -2.66. The van der Waals surface area contributed by atoms with Crippen molar-refractivity contribution in [1.82, 2.24) is 39.5 Å². The van der Waals surface area contributed by atoms with Gasteiger partial charge in [0.25, 0.3) is 5.91 Å². The first-order valence-corrected chi connectivity index (χ1v) is 14.0. The van der Waals surface area contributed by atoms with Gasteiger partial charge in [-0.05, 0) is 48.7 Å². The van der Waals surface area contributed by atoms with Gasteiger partial charge in [-0.25, -0.2) is 14.4 Å². The average Bonchev–Trinajstić information content (AvgIpc) is 3.70. The molecule has 0 bridgehead atoms. The Labute approximate surface area is 241 Å². The Balaban J connectivity index is 0.995. The number of halogens is 1. The maximum Gasteiger partial charge on any atom is 0.253 e. The van der Waals surface area contributed by atoms with Gasteiger partial charge in [-0.1, -0.05) is 6.07 Å². The van der Waals surface area contributed by atoms with Crippen molar-refractivity contribution in [2.75, 3.05) is 26.2 Å². The Bertz CT molecular complexity index is 1790. The van der Waals surface area contributed by atoms with Gasteiger partial charge in [0, 0.05) is 79.1 Å². The van der Waals surface area contributed by atoms with E-state index in [1.165, 1.54) is 12.4 Å². The summed E-state index contributed by atoms with van der Waals surface area (Å²) in [5.41, 5.74) is 3.59. The molecule has 0 unspecified atom stereocenters. The van der Waals surface area contributed by atoms with Crippen molar-refractivity contribution >= 4 is 16.9 Å². The van der Waals surface area contributed by atoms with Crippen LogP contribution in [-0.4, -0.2) is 77.6 Å². The van der Waals surface area contributed by atoms with Crippen molar-refractivity contribution in [3.8, 4) is 28.5 Å². The quantitative estimate of drug-likeness (QED) is 0.329. The van der Waals surface area contributed by atoms with E-state index in [4.69, 9.17) is 0 Å². The van der Waals surface area contributed by atoms with Crippen LogP contribution in [-0.2, 0) is 5.54 Å². The SMILES string of the molecule is N#CCC1(n2cc(-c3ncnc4[nH]ccc34)cn2)CN(C2CCN(C(=O)c3ccc(-c4ccncc4)c(F)c3)CC2)C1. The molecule has 2 aliphatic rings. The number of rotatable bonds is 6. The monoisotopic (exact) mass is 561 g/mol. The minimum atomic E-state index is -0.421. The van der Waals surface area contributed by atoms with Gasteiger partial charge >= 0.3 is 0 Å². The minimum Gasteiger partial charge on any atom is -0.346 e. The van der Waals surface area contributed by atoms with Crippen molar-refractivity contribution in [2.24, 2.45) is 0 Å². The van der Waals surface area contributed by atoms with Crippen LogP contribution in [0.25, 0.3) is 33.4 Å². The maximum atomic E-state index is 14.9. The highest BCUT2D eigenvalue weighted by molar-refractivity contribution is 5.95. The molecule has 5 aromatic rings. The van der Waals surface area contributed by atoms with E-state index in [-0.39, 0.29) is 5.91 Å². The summed E-state index contributed by atoms with van der Waals surface area (Å²) in [7, 11) is 0. The molecule has 11 heteroatoms. The summed E-state index contributed by atoms with van der Waals surface area (Å²) in [6, 6.07) is 12.8. The normalized spacial score (nSPS) is 17.2. The van der Waals surface area contributed by atoms with Gasteiger partial charge in [0.15, 0.2) is 0 Å². The lowest BCUT2D eigenvalue weighted by molar-refractivity contribution is -0.0412. The van der Waals surface area contributed by atoms with Gasteiger partial charge in [0.1, 0.15) is 23.3 Å². The zero-order valence-corrected chi connectivity index (χ0v) is 22.8. The van der Waals surface area contributed by atoms with Gasteiger partial charge < -0.3 is 9.88 Å². The number of piperidine rings is 1. The number of H-pyrrole nitrogens is 1. The van der Waals surface area contributed by atoms with Gasteiger partial charge in [-0.15, -0.1) is 0 Å². The van der Waals surface area contributed by atoms with Crippen LogP contribution in [0.2, 0.25) is 0 Å². The minimum absolute atomic E-state index is 0.151. The number of hydrogen-bond donors (Lipinski definition) is 1. The van der Waals surface area contributed by atoms with Crippen LogP contribution in [0.4, 0.5) is 4.39 Å². The predicted octanol–water partition coefficient (Wildman–Crippen LogP) is 4.25. The third kappa shape index (κ3) is 4.50. The van der Waals surface area contributed by atoms with Crippen molar-refractivity contribution in [1.29, 1.82) is 5.26 Å². The molecule has 0 saturated carbocycles. The summed E-state index contributed by atoms with van der Waals surface area (Å²) in [5.74, 6) is -0.572. The lowest BCUT2D eigenvalue weighted by Gasteiger charge is -2.53. The maximum absolute atomic E-state index is 14.9. The fourth-order valence-corrected chi connectivity index (χ4v) is 6.29. The molecule has 2 aliphatic heterocycles. The molecule has 0 radical (unpaired) electrons. The first-order chi connectivity index (χ1) is 20.5. The number of benzene rings is 1. The van der Waals surface area contributed by atoms with Crippen LogP contribution in [0.3, 0.4) is 0 Å². The molecule has 0 spiro atoms. The second-order valence-electron chi connectivity index (χ2n) is 11.1. The summed E-state index contributed by atoms with van der Waals surface area (Å²) in [6.45, 7) is 2.63. The predicted molar refractivity (Wildman–Crippen MR) is 153 cm³/mol. The van der Waals surface area contributed by atoms with Crippen LogP contribution < -0.4 is 0 Å². The molecule has 7 rings (SSSR count). The van der Waals surface area contributed by atoms with Crippen molar-refractivity contribution in [3.05, 3.63) is 85.1 Å². The van der Waals surface area contributed by atoms with Gasteiger partial charge in [-0.3, -0.25) is 19.4 Å². The zero-order valence-electron chi connectivity index (χ0n) is 22.8. The number of nitrogens with one attached hydrogen (secondary N) is 1. The first-order valence-electron chi connectivity index (χ1n) is 14.0. The molecule has 0 aliphatic carbocycles. The van der Waals surface area contributed by atoms with E-state index < -0.39 is 11.4 Å². The van der Waals surface area contributed by atoms with Crippen molar-refractivity contribution in [2.45, 2.75) is 30.8 Å². The van der Waals surface area contributed by atoms with Gasteiger partial charge in [0.2, 0.25) is 0 Å². The number of carbonyl (C=O) groups excluding carboxylic acids is 1. The van der Waals surface area contributed by atoms with Gasteiger partial charge in [0.05, 0.1) is 24.4 Å². The standard InChI is InChI=1S/C31H28FN9O/c32-27-15-22(1-2-25(27)21-3-10-34-11-4-21)30(42)39-13-6-24(7-14-39)40-18-31(19-40,8-9-33)41-17-23(16-38-41)28-26-5-12-35-29(26)37-20-36-28/h1-5,10-12,15-17,20,24H,6-8,13-14,18-19H2,(H,35,36,37). The molecule has 6 heterocycles. The Morgan fingerprint density at radius 2 is 1.90 bits per heavy atom. The number of likely N-dealkylation sites (tertiary alicyclic amines) is 2. The second kappa shape index (κ2) is 10.5. The number of fused-ring (bicyclic) bond motifs is 1. The Morgan fingerprint density at radius 3 is 2.67 bits per heavy atom. The van der Waals surface area contributed by atoms with E-state index in [0.717, 1.165) is 40.7 Å². The summed E-state index contributed by atoms with van der Waals surface area (Å²) >= 11 is 0. The highest BCUT2D eigenvalue weighted by Gasteiger charge is 2.48. The molecule has 10 nitrogen and oxygen atoms in total. The van der Waals surface area contributed by atoms with Crippen molar-refractivity contribution in [3.63, 3.8) is 0 Å². The molecular weight excluding hydrogens is 533 g/mol. The van der Waals surface area contributed by atoms with E-state index in [1.54, 1.807) is 42.9 Å². The average molecular weight is 562 g/mol. The van der Waals surface area contributed by atoms with E-state index >= 15 is 0 Å². The number of aromatic nitrogens is 6. The lowest BCUT2D eigenvalue weighted by atomic mass is 9.83. The smallest absolute Gasteiger partial charge is 0.253 e. The summed E-state index contributed by atoms with van der Waals surface area (Å²) in [6.07, 6.45) is 12.4. The molecule has 42 heavy (non-hydrogen) atoms. The van der Waals surface area contributed by atoms with E-state index in [9.17, 15) is 14.4 Å². The summed E-state index contributed by atoms with van der Waals surface area (Å²) < 4.78 is 16.8. The number of nitrogens with zero attached hydrogens (tertiary/aromatic N) is 8. The summed E-state index contributed by atoms with van der Waals surface area (Å²) in [5, 5.41) is 15.2. The number of aromatic amines is 1. The Hall–Kier alpha value is -4.95. The Morgan fingerprint density at radius 1 is 1.10 bits per heavy atom. The van der Waals surface area contributed by atoms with Crippen LogP contribution in [0, 0.1) is 17.1 Å². The topological polar surface area (TPSA) is 120 Å². The van der Waals surface area contributed by atoms with E-state index in [0.29, 0.717) is 49.8 Å². The highest BCUT2D eigenvalue weighted by atomic mass is 19.1. The highest BCUT2D eigenvalue weighted by Crippen LogP contribution is 2.37. The molecule has 1 aromatic carbocycles. The van der Waals surface area contributed by atoms with Crippen molar-refractivity contribution < 1.29 is 9.18 Å². The molecule has 0 atom stereocenters. The van der Waals surface area contributed by atoms with Gasteiger partial charge in [-0.2, -0.15) is 10.4 Å². The van der Waals surface area contributed by atoms with Crippen LogP contribution >= 0.6 is 0 Å². The molecule has 1 amide bonds. The first kappa shape index (κ1) is 26.0. The number of amides is 1. The number of carbonyl (C=O) groups is 1. The molecule has 2 fully saturated rings. The largest absolute Gasteiger partial charge is 0.346 e. The third-order valence-electron chi connectivity index (χ3n) is 8.57. The molecule has 4 aromatic heterocycles. The van der Waals surface area contributed by atoms with Crippen LogP contribution in [0.5, 0.6) is 0 Å². The molecule has 210 valence electrons. The number of hydrogen-bond acceptors (Lipinski definition) is 7. The second-order valence-corrected chi connectivity index (χ2v) is 11.1. The molecule has 1 N–H and O–H groups in total. The number of nitriles is 1. The fraction of sp³-hybridized carbons (Fsp3) is 0.290. The van der Waals surface area contributed by atoms with Crippen LogP contribution in [0.1, 0.15) is 29.6 Å². The van der Waals surface area contributed by atoms with E-state index in [2.05, 4.69) is 36.0 Å². The molecular formula is C31H28FN9O. The Kier molecular flexibility index (Phi) is 6.47. The number of pyridine rings is 1. The molecule has 2 saturated heterocycles. The zero-order chi connectivity index (χ0) is 28.7.